The minimum Gasteiger partial charge on any atom is -0.464 e. The van der Waals surface area contributed by atoms with Crippen molar-refractivity contribution >= 4 is 16.9 Å². The number of nitrogens with zero attached hydrogens (tertiary/aromatic N) is 1. The van der Waals surface area contributed by atoms with Crippen LogP contribution in [-0.4, -0.2) is 5.16 Å². The molecular formula is C11H7FN2O2. The maximum atomic E-state index is 13.3. The summed E-state index contributed by atoms with van der Waals surface area (Å²) in [6.07, 6.45) is 1.50. The molecule has 2 N–H and O–H groups in total. The maximum Gasteiger partial charge on any atom is 0.222 e. The van der Waals surface area contributed by atoms with E-state index in [1.165, 1.54) is 24.5 Å². The fourth-order valence-corrected chi connectivity index (χ4v) is 1.65. The van der Waals surface area contributed by atoms with Gasteiger partial charge in [-0.3, -0.25) is 0 Å². The highest BCUT2D eigenvalue weighted by atomic mass is 19.1. The van der Waals surface area contributed by atoms with Crippen molar-refractivity contribution in [2.75, 3.05) is 5.73 Å². The van der Waals surface area contributed by atoms with E-state index in [1.807, 2.05) is 0 Å². The topological polar surface area (TPSA) is 65.2 Å². The van der Waals surface area contributed by atoms with Gasteiger partial charge in [0.25, 0.3) is 0 Å². The molecule has 0 saturated heterocycles. The number of hydrogen-bond donors (Lipinski definition) is 1. The molecule has 80 valence electrons. The lowest BCUT2D eigenvalue weighted by Gasteiger charge is -1.97. The molecule has 0 aliphatic carbocycles. The van der Waals surface area contributed by atoms with E-state index >= 15 is 0 Å². The van der Waals surface area contributed by atoms with Gasteiger partial charge < -0.3 is 14.7 Å². The predicted octanol–water partition coefficient (Wildman–Crippen LogP) is 2.81. The monoisotopic (exact) mass is 218 g/mol. The lowest BCUT2D eigenvalue weighted by Crippen LogP contribution is -1.82. The van der Waals surface area contributed by atoms with Crippen LogP contribution in [0.5, 0.6) is 0 Å². The van der Waals surface area contributed by atoms with Crippen LogP contribution in [0, 0.1) is 5.82 Å². The minimum absolute atomic E-state index is 0.180. The summed E-state index contributed by atoms with van der Waals surface area (Å²) in [4.78, 5) is 0. The first kappa shape index (κ1) is 8.96. The second kappa shape index (κ2) is 3.10. The van der Waals surface area contributed by atoms with Gasteiger partial charge in [0.1, 0.15) is 17.1 Å². The van der Waals surface area contributed by atoms with Crippen LogP contribution in [0.25, 0.3) is 22.2 Å². The Morgan fingerprint density at radius 2 is 2.12 bits per heavy atom. The first-order valence-corrected chi connectivity index (χ1v) is 4.63. The lowest BCUT2D eigenvalue weighted by atomic mass is 10.1. The van der Waals surface area contributed by atoms with Gasteiger partial charge >= 0.3 is 0 Å². The summed E-state index contributed by atoms with van der Waals surface area (Å²) >= 11 is 0. The Kier molecular flexibility index (Phi) is 1.73. The Labute approximate surface area is 89.4 Å². The van der Waals surface area contributed by atoms with Gasteiger partial charge in [-0.2, -0.15) is 0 Å². The van der Waals surface area contributed by atoms with E-state index in [1.54, 1.807) is 6.07 Å². The number of halogens is 1. The summed E-state index contributed by atoms with van der Waals surface area (Å²) in [6, 6.07) is 5.94. The quantitative estimate of drug-likeness (QED) is 0.682. The highest BCUT2D eigenvalue weighted by molar-refractivity contribution is 5.91. The third-order valence-corrected chi connectivity index (χ3v) is 2.32. The number of fused-ring (bicyclic) bond motifs is 1. The second-order valence-electron chi connectivity index (χ2n) is 3.41. The molecule has 0 unspecified atom stereocenters. The van der Waals surface area contributed by atoms with Gasteiger partial charge in [-0.1, -0.05) is 5.16 Å². The van der Waals surface area contributed by atoms with Gasteiger partial charge in [0.2, 0.25) is 5.88 Å². The highest BCUT2D eigenvalue weighted by Gasteiger charge is 2.12. The molecule has 2 heterocycles. The largest absolute Gasteiger partial charge is 0.464 e. The zero-order chi connectivity index (χ0) is 11.1. The van der Waals surface area contributed by atoms with Crippen LogP contribution in [0.1, 0.15) is 0 Å². The molecule has 3 aromatic rings. The maximum absolute atomic E-state index is 13.3. The normalized spacial score (nSPS) is 11.1. The van der Waals surface area contributed by atoms with E-state index in [2.05, 4.69) is 5.16 Å². The summed E-state index contributed by atoms with van der Waals surface area (Å²) in [5.41, 5.74) is 6.97. The van der Waals surface area contributed by atoms with E-state index in [4.69, 9.17) is 14.7 Å². The number of benzene rings is 1. The summed E-state index contributed by atoms with van der Waals surface area (Å²) in [5, 5.41) is 4.41. The van der Waals surface area contributed by atoms with Gasteiger partial charge in [0.05, 0.1) is 6.26 Å². The molecule has 16 heavy (non-hydrogen) atoms. The predicted molar refractivity (Wildman–Crippen MR) is 56.1 cm³/mol. The zero-order valence-corrected chi connectivity index (χ0v) is 8.11. The van der Waals surface area contributed by atoms with Crippen LogP contribution >= 0.6 is 0 Å². The van der Waals surface area contributed by atoms with Crippen molar-refractivity contribution in [3.05, 3.63) is 36.3 Å². The lowest BCUT2D eigenvalue weighted by molar-refractivity contribution is 0.439. The number of aromatic nitrogens is 1. The Hall–Kier alpha value is -2.30. The average molecular weight is 218 g/mol. The molecule has 0 saturated carbocycles. The van der Waals surface area contributed by atoms with Crippen molar-refractivity contribution in [1.29, 1.82) is 0 Å². The summed E-state index contributed by atoms with van der Waals surface area (Å²) in [7, 11) is 0. The van der Waals surface area contributed by atoms with Gasteiger partial charge in [-0.15, -0.1) is 0 Å². The Morgan fingerprint density at radius 3 is 2.88 bits per heavy atom. The smallest absolute Gasteiger partial charge is 0.222 e. The molecule has 2 aromatic heterocycles. The standard InChI is InChI=1S/C11H7FN2O2/c12-7-3-6-1-2-15-11(6)8(4-7)9-5-10(13)16-14-9/h1-5H,13H2. The second-order valence-corrected chi connectivity index (χ2v) is 3.41. The van der Waals surface area contributed by atoms with Crippen LogP contribution in [0.3, 0.4) is 0 Å². The van der Waals surface area contributed by atoms with Crippen LogP contribution in [-0.2, 0) is 0 Å². The van der Waals surface area contributed by atoms with Crippen molar-refractivity contribution < 1.29 is 13.3 Å². The zero-order valence-electron chi connectivity index (χ0n) is 8.11. The van der Waals surface area contributed by atoms with E-state index < -0.39 is 0 Å². The molecule has 3 rings (SSSR count). The van der Waals surface area contributed by atoms with Crippen LogP contribution in [0.15, 0.2) is 39.5 Å². The fraction of sp³-hybridized carbons (Fsp3) is 0. The number of furan rings is 1. The van der Waals surface area contributed by atoms with Crippen molar-refractivity contribution in [3.63, 3.8) is 0 Å². The summed E-state index contributed by atoms with van der Waals surface area (Å²) in [6.45, 7) is 0. The molecule has 0 amide bonds. The molecule has 0 bridgehead atoms. The van der Waals surface area contributed by atoms with E-state index in [-0.39, 0.29) is 11.7 Å². The molecule has 0 aliphatic heterocycles. The molecule has 5 heteroatoms. The van der Waals surface area contributed by atoms with Gasteiger partial charge in [0, 0.05) is 17.0 Å². The Bertz CT molecular complexity index is 657. The minimum atomic E-state index is -0.356. The molecule has 1 aromatic carbocycles. The van der Waals surface area contributed by atoms with Crippen LogP contribution in [0.4, 0.5) is 10.3 Å². The van der Waals surface area contributed by atoms with Gasteiger partial charge in [-0.25, -0.2) is 4.39 Å². The van der Waals surface area contributed by atoms with Crippen molar-refractivity contribution in [2.45, 2.75) is 0 Å². The van der Waals surface area contributed by atoms with E-state index in [0.717, 1.165) is 0 Å². The third kappa shape index (κ3) is 1.25. The number of rotatable bonds is 1. The summed E-state index contributed by atoms with van der Waals surface area (Å²) < 4.78 is 23.4. The SMILES string of the molecule is Nc1cc(-c2cc(F)cc3ccoc23)no1. The average Bonchev–Trinajstić information content (AvgIpc) is 2.84. The molecule has 0 radical (unpaired) electrons. The Balaban J connectivity index is 2.33. The van der Waals surface area contributed by atoms with Gasteiger partial charge in [0.15, 0.2) is 0 Å². The molecule has 0 atom stereocenters. The third-order valence-electron chi connectivity index (χ3n) is 2.32. The first-order chi connectivity index (χ1) is 7.74. The fourth-order valence-electron chi connectivity index (χ4n) is 1.65. The molecular weight excluding hydrogens is 211 g/mol. The van der Waals surface area contributed by atoms with Crippen molar-refractivity contribution in [2.24, 2.45) is 0 Å². The number of anilines is 1. The number of hydrogen-bond acceptors (Lipinski definition) is 4. The van der Waals surface area contributed by atoms with Crippen LogP contribution in [0.2, 0.25) is 0 Å². The first-order valence-electron chi connectivity index (χ1n) is 4.63. The molecule has 0 spiro atoms. The van der Waals surface area contributed by atoms with Crippen molar-refractivity contribution in [1.82, 2.24) is 5.16 Å². The van der Waals surface area contributed by atoms with E-state index in [9.17, 15) is 4.39 Å². The Morgan fingerprint density at radius 1 is 1.25 bits per heavy atom. The van der Waals surface area contributed by atoms with E-state index in [0.29, 0.717) is 22.2 Å². The van der Waals surface area contributed by atoms with Crippen LogP contribution < -0.4 is 5.73 Å². The molecule has 0 fully saturated rings. The summed E-state index contributed by atoms with van der Waals surface area (Å²) in [5.74, 6) is -0.176. The number of nitrogens with two attached hydrogens (primary N) is 1. The molecule has 4 nitrogen and oxygen atoms in total. The van der Waals surface area contributed by atoms with Crippen molar-refractivity contribution in [3.8, 4) is 11.3 Å². The number of nitrogen functional groups attached to an aromatic ring is 1. The highest BCUT2D eigenvalue weighted by Crippen LogP contribution is 2.30. The molecule has 0 aliphatic rings. The van der Waals surface area contributed by atoms with Gasteiger partial charge in [-0.05, 0) is 18.2 Å².